The SMILES string of the molecule is CCOC(=O)c1c(=O)n2ccccc2c2ccc(C#N)cc12. The van der Waals surface area contributed by atoms with Gasteiger partial charge in [0.2, 0.25) is 0 Å². The summed E-state index contributed by atoms with van der Waals surface area (Å²) in [5.41, 5.74) is 0.576. The van der Waals surface area contributed by atoms with Crippen LogP contribution in [-0.2, 0) is 4.74 Å². The largest absolute Gasteiger partial charge is 0.462 e. The van der Waals surface area contributed by atoms with Crippen LogP contribution < -0.4 is 5.56 Å². The molecule has 3 aromatic rings. The van der Waals surface area contributed by atoms with Crippen molar-refractivity contribution in [2.45, 2.75) is 6.92 Å². The first-order valence-corrected chi connectivity index (χ1v) is 6.81. The number of benzene rings is 1. The van der Waals surface area contributed by atoms with E-state index in [0.29, 0.717) is 16.5 Å². The highest BCUT2D eigenvalue weighted by Gasteiger charge is 2.19. The molecular weight excluding hydrogens is 280 g/mol. The van der Waals surface area contributed by atoms with Gasteiger partial charge >= 0.3 is 5.97 Å². The summed E-state index contributed by atoms with van der Waals surface area (Å²) in [7, 11) is 0. The number of carbonyl (C=O) groups is 1. The lowest BCUT2D eigenvalue weighted by Gasteiger charge is -2.10. The molecule has 0 N–H and O–H groups in total. The highest BCUT2D eigenvalue weighted by Crippen LogP contribution is 2.23. The predicted octanol–water partition coefficient (Wildman–Crippen LogP) is 2.50. The molecule has 0 aliphatic rings. The summed E-state index contributed by atoms with van der Waals surface area (Å²) in [4.78, 5) is 24.8. The van der Waals surface area contributed by atoms with Gasteiger partial charge in [-0.25, -0.2) is 4.79 Å². The zero-order valence-corrected chi connectivity index (χ0v) is 11.9. The molecule has 0 bridgehead atoms. The summed E-state index contributed by atoms with van der Waals surface area (Å²) >= 11 is 0. The molecule has 0 saturated heterocycles. The topological polar surface area (TPSA) is 71.6 Å². The van der Waals surface area contributed by atoms with E-state index in [1.165, 1.54) is 4.40 Å². The van der Waals surface area contributed by atoms with E-state index in [4.69, 9.17) is 10.00 Å². The number of nitriles is 1. The zero-order valence-electron chi connectivity index (χ0n) is 11.9. The van der Waals surface area contributed by atoms with E-state index in [1.807, 2.05) is 12.1 Å². The average molecular weight is 292 g/mol. The number of hydrogen-bond donors (Lipinski definition) is 0. The lowest BCUT2D eigenvalue weighted by atomic mass is 10.0. The molecule has 2 aromatic heterocycles. The fraction of sp³-hybridized carbons (Fsp3) is 0.118. The van der Waals surface area contributed by atoms with E-state index in [2.05, 4.69) is 0 Å². The summed E-state index contributed by atoms with van der Waals surface area (Å²) in [6.07, 6.45) is 1.61. The van der Waals surface area contributed by atoms with Crippen molar-refractivity contribution in [3.8, 4) is 6.07 Å². The second-order valence-electron chi connectivity index (χ2n) is 4.73. The molecule has 3 rings (SSSR count). The van der Waals surface area contributed by atoms with E-state index in [9.17, 15) is 9.59 Å². The number of aromatic nitrogens is 1. The summed E-state index contributed by atoms with van der Waals surface area (Å²) in [6, 6.07) is 12.3. The lowest BCUT2D eigenvalue weighted by Crippen LogP contribution is -2.24. The number of nitrogens with zero attached hydrogens (tertiary/aromatic N) is 2. The minimum absolute atomic E-state index is 0.0438. The van der Waals surface area contributed by atoms with Gasteiger partial charge in [-0.2, -0.15) is 5.26 Å². The summed E-state index contributed by atoms with van der Waals surface area (Å²) in [6.45, 7) is 1.86. The van der Waals surface area contributed by atoms with Crippen LogP contribution in [0.3, 0.4) is 0 Å². The van der Waals surface area contributed by atoms with Gasteiger partial charge in [0, 0.05) is 17.0 Å². The van der Waals surface area contributed by atoms with Crippen LogP contribution >= 0.6 is 0 Å². The molecule has 0 unspecified atom stereocenters. The van der Waals surface area contributed by atoms with Crippen molar-refractivity contribution >= 4 is 22.3 Å². The smallest absolute Gasteiger partial charge is 0.344 e. The van der Waals surface area contributed by atoms with E-state index in [0.717, 1.165) is 5.39 Å². The van der Waals surface area contributed by atoms with Gasteiger partial charge in [0.1, 0.15) is 5.56 Å². The van der Waals surface area contributed by atoms with Gasteiger partial charge in [0.25, 0.3) is 5.56 Å². The maximum atomic E-state index is 12.6. The van der Waals surface area contributed by atoms with Crippen LogP contribution in [-0.4, -0.2) is 17.0 Å². The second kappa shape index (κ2) is 5.34. The fourth-order valence-corrected chi connectivity index (χ4v) is 2.52. The first-order chi connectivity index (χ1) is 10.7. The van der Waals surface area contributed by atoms with Crippen LogP contribution in [0.25, 0.3) is 16.3 Å². The molecule has 0 fully saturated rings. The van der Waals surface area contributed by atoms with E-state index in [1.54, 1.807) is 43.5 Å². The van der Waals surface area contributed by atoms with Crippen molar-refractivity contribution < 1.29 is 9.53 Å². The molecule has 1 aromatic carbocycles. The molecule has 0 saturated carbocycles. The standard InChI is InChI=1S/C17H12N2O3/c1-2-22-17(21)15-13-9-11(10-18)6-7-12(13)14-5-3-4-8-19(14)16(15)20/h3-9H,2H2,1H3. The zero-order chi connectivity index (χ0) is 15.7. The average Bonchev–Trinajstić information content (AvgIpc) is 2.55. The van der Waals surface area contributed by atoms with Crippen molar-refractivity contribution in [2.75, 3.05) is 6.61 Å². The molecular formula is C17H12N2O3. The maximum Gasteiger partial charge on any atom is 0.344 e. The van der Waals surface area contributed by atoms with Gasteiger partial charge in [-0.1, -0.05) is 12.1 Å². The molecule has 0 amide bonds. The molecule has 108 valence electrons. The molecule has 0 radical (unpaired) electrons. The van der Waals surface area contributed by atoms with Crippen LogP contribution in [0.1, 0.15) is 22.8 Å². The molecule has 22 heavy (non-hydrogen) atoms. The Morgan fingerprint density at radius 3 is 2.82 bits per heavy atom. The third-order valence-corrected chi connectivity index (χ3v) is 3.47. The van der Waals surface area contributed by atoms with Crippen LogP contribution in [0.5, 0.6) is 0 Å². The normalized spacial score (nSPS) is 10.5. The highest BCUT2D eigenvalue weighted by atomic mass is 16.5. The number of fused-ring (bicyclic) bond motifs is 3. The van der Waals surface area contributed by atoms with Crippen molar-refractivity contribution in [3.63, 3.8) is 0 Å². The Balaban J connectivity index is 2.53. The minimum Gasteiger partial charge on any atom is -0.462 e. The fourth-order valence-electron chi connectivity index (χ4n) is 2.52. The monoisotopic (exact) mass is 292 g/mol. The van der Waals surface area contributed by atoms with Crippen LogP contribution in [0, 0.1) is 11.3 Å². The van der Waals surface area contributed by atoms with Gasteiger partial charge in [-0.05, 0) is 31.2 Å². The van der Waals surface area contributed by atoms with Crippen molar-refractivity contribution in [2.24, 2.45) is 0 Å². The van der Waals surface area contributed by atoms with Crippen molar-refractivity contribution in [3.05, 3.63) is 64.1 Å². The van der Waals surface area contributed by atoms with Crippen LogP contribution in [0.15, 0.2) is 47.4 Å². The maximum absolute atomic E-state index is 12.6. The molecule has 0 spiro atoms. The quantitative estimate of drug-likeness (QED) is 0.537. The molecule has 5 heteroatoms. The molecule has 2 heterocycles. The van der Waals surface area contributed by atoms with Crippen LogP contribution in [0.4, 0.5) is 0 Å². The van der Waals surface area contributed by atoms with E-state index < -0.39 is 11.5 Å². The van der Waals surface area contributed by atoms with E-state index in [-0.39, 0.29) is 12.2 Å². The number of pyridine rings is 2. The first-order valence-electron chi connectivity index (χ1n) is 6.81. The third-order valence-electron chi connectivity index (χ3n) is 3.47. The molecule has 0 aliphatic heterocycles. The predicted molar refractivity (Wildman–Crippen MR) is 81.8 cm³/mol. The first kappa shape index (κ1) is 13.8. The van der Waals surface area contributed by atoms with E-state index >= 15 is 0 Å². The Morgan fingerprint density at radius 1 is 1.27 bits per heavy atom. The molecule has 5 nitrogen and oxygen atoms in total. The van der Waals surface area contributed by atoms with Gasteiger partial charge in [-0.15, -0.1) is 0 Å². The Labute approximate surface area is 126 Å². The Morgan fingerprint density at radius 2 is 2.09 bits per heavy atom. The van der Waals surface area contributed by atoms with Crippen LogP contribution in [0.2, 0.25) is 0 Å². The molecule has 0 atom stereocenters. The number of hydrogen-bond acceptors (Lipinski definition) is 4. The Bertz CT molecular complexity index is 996. The van der Waals surface area contributed by atoms with Gasteiger partial charge in [0.05, 0.1) is 23.8 Å². The van der Waals surface area contributed by atoms with Gasteiger partial charge in [-0.3, -0.25) is 9.20 Å². The second-order valence-corrected chi connectivity index (χ2v) is 4.73. The number of ether oxygens (including phenoxy) is 1. The Kier molecular flexibility index (Phi) is 3.36. The summed E-state index contributed by atoms with van der Waals surface area (Å²) in [5, 5.41) is 10.2. The third kappa shape index (κ3) is 2.02. The Hall–Kier alpha value is -3.13. The summed E-state index contributed by atoms with van der Waals surface area (Å²) in [5.74, 6) is -0.675. The minimum atomic E-state index is -0.675. The van der Waals surface area contributed by atoms with Gasteiger partial charge < -0.3 is 4.74 Å². The number of rotatable bonds is 2. The van der Waals surface area contributed by atoms with Crippen molar-refractivity contribution in [1.82, 2.24) is 4.40 Å². The van der Waals surface area contributed by atoms with Crippen molar-refractivity contribution in [1.29, 1.82) is 5.26 Å². The van der Waals surface area contributed by atoms with Gasteiger partial charge in [0.15, 0.2) is 0 Å². The molecule has 0 aliphatic carbocycles. The number of carbonyl (C=O) groups excluding carboxylic acids is 1. The number of esters is 1. The summed E-state index contributed by atoms with van der Waals surface area (Å²) < 4.78 is 6.42. The highest BCUT2D eigenvalue weighted by molar-refractivity contribution is 6.09. The lowest BCUT2D eigenvalue weighted by molar-refractivity contribution is 0.0526.